The number of H-pyrrole nitrogens is 1. The zero-order valence-corrected chi connectivity index (χ0v) is 22.6. The summed E-state index contributed by atoms with van der Waals surface area (Å²) in [4.78, 5) is 50.5. The fourth-order valence-corrected chi connectivity index (χ4v) is 4.41. The Morgan fingerprint density at radius 1 is 1.13 bits per heavy atom. The summed E-state index contributed by atoms with van der Waals surface area (Å²) in [5.74, 6) is -3.96. The number of esters is 1. The van der Waals surface area contributed by atoms with Crippen LogP contribution in [-0.2, 0) is 25.3 Å². The number of carbonyl (C=O) groups is 3. The number of fused-ring (bicyclic) bond motifs is 1. The summed E-state index contributed by atoms with van der Waals surface area (Å²) in [5, 5.41) is 14.0. The van der Waals surface area contributed by atoms with Crippen LogP contribution in [0.5, 0.6) is 0 Å². The largest absolute Gasteiger partial charge is 1.00 e. The average Bonchev–Trinajstić information content (AvgIpc) is 3.21. The van der Waals surface area contributed by atoms with Crippen LogP contribution >= 0.6 is 0 Å². The van der Waals surface area contributed by atoms with Crippen LogP contribution < -0.4 is 45.5 Å². The number of ether oxygens (including phenoxy) is 1. The van der Waals surface area contributed by atoms with Gasteiger partial charge in [-0.25, -0.2) is 0 Å². The van der Waals surface area contributed by atoms with Crippen molar-refractivity contribution in [3.8, 4) is 11.3 Å². The normalized spacial score (nSPS) is 17.9. The minimum Gasteiger partial charge on any atom is -0.550 e. The standard InChI is InChI=1S/C26H23F3N2O6.Na/c1-13(8-22(32)33)25(36)37-12-16-11-19(23(34)30-16)14-6-7-15-10-21(31-24(35)18(15)9-14)17-4-2-3-5-20(17)26(27,28)29;/h2-7,9-10,13,16,19H,8,11-12H2,1H3,(H,30,34)(H,31,35)(H,32,33);/q;+1/p-1/t13?,16?,19-;/m0./s1. The van der Waals surface area contributed by atoms with E-state index in [0.29, 0.717) is 10.9 Å². The first-order chi connectivity index (χ1) is 17.4. The molecule has 12 heteroatoms. The third kappa shape index (κ3) is 6.46. The van der Waals surface area contributed by atoms with Crippen LogP contribution in [0.15, 0.2) is 53.3 Å². The molecule has 0 spiro atoms. The second kappa shape index (κ2) is 11.7. The number of halogens is 3. The number of carbonyl (C=O) groups excluding carboxylic acids is 3. The Kier molecular flexibility index (Phi) is 9.06. The number of aliphatic carboxylic acids is 1. The topological polar surface area (TPSA) is 128 Å². The summed E-state index contributed by atoms with van der Waals surface area (Å²) < 4.78 is 45.5. The molecule has 1 saturated heterocycles. The van der Waals surface area contributed by atoms with E-state index in [1.54, 1.807) is 12.1 Å². The molecular formula is C26H22F3N2NaO6. The molecule has 1 aliphatic heterocycles. The zero-order chi connectivity index (χ0) is 26.9. The first kappa shape index (κ1) is 29.4. The Labute approximate surface area is 236 Å². The number of aromatic nitrogens is 1. The quantitative estimate of drug-likeness (QED) is 0.309. The van der Waals surface area contributed by atoms with Crippen LogP contribution in [0.25, 0.3) is 22.0 Å². The van der Waals surface area contributed by atoms with Gasteiger partial charge in [0.05, 0.1) is 23.4 Å². The molecule has 2 aromatic carbocycles. The van der Waals surface area contributed by atoms with Gasteiger partial charge in [0.1, 0.15) is 6.61 Å². The molecule has 2 unspecified atom stereocenters. The summed E-state index contributed by atoms with van der Waals surface area (Å²) in [5.41, 5.74) is -1.08. The van der Waals surface area contributed by atoms with Crippen LogP contribution in [0.1, 0.15) is 36.8 Å². The maximum absolute atomic E-state index is 13.4. The van der Waals surface area contributed by atoms with E-state index in [9.17, 15) is 37.5 Å². The van der Waals surface area contributed by atoms with Gasteiger partial charge in [0, 0.05) is 22.6 Å². The molecular weight excluding hydrogens is 516 g/mol. The van der Waals surface area contributed by atoms with E-state index < -0.39 is 53.5 Å². The summed E-state index contributed by atoms with van der Waals surface area (Å²) in [7, 11) is 0. The Balaban J connectivity index is 0.00000400. The summed E-state index contributed by atoms with van der Waals surface area (Å²) in [6, 6.07) is 10.6. The predicted molar refractivity (Wildman–Crippen MR) is 124 cm³/mol. The molecule has 1 aromatic heterocycles. The van der Waals surface area contributed by atoms with Crippen LogP contribution in [0, 0.1) is 5.92 Å². The van der Waals surface area contributed by atoms with E-state index in [1.807, 2.05) is 0 Å². The molecule has 2 N–H and O–H groups in total. The number of rotatable bonds is 7. The summed E-state index contributed by atoms with van der Waals surface area (Å²) >= 11 is 0. The van der Waals surface area contributed by atoms with Gasteiger partial charge in [-0.05, 0) is 42.0 Å². The molecule has 1 aliphatic rings. The Bertz CT molecular complexity index is 1440. The van der Waals surface area contributed by atoms with Gasteiger partial charge in [-0.2, -0.15) is 13.2 Å². The van der Waals surface area contributed by atoms with Crippen molar-refractivity contribution < 1.29 is 67.0 Å². The molecule has 38 heavy (non-hydrogen) atoms. The summed E-state index contributed by atoms with van der Waals surface area (Å²) in [6.07, 6.45) is -4.81. The number of nitrogens with one attached hydrogen (secondary N) is 2. The van der Waals surface area contributed by atoms with Crippen LogP contribution in [-0.4, -0.2) is 35.5 Å². The van der Waals surface area contributed by atoms with E-state index in [2.05, 4.69) is 10.3 Å². The van der Waals surface area contributed by atoms with Gasteiger partial charge < -0.3 is 24.9 Å². The van der Waals surface area contributed by atoms with E-state index in [1.165, 1.54) is 37.3 Å². The molecule has 1 amide bonds. The second-order valence-electron chi connectivity index (χ2n) is 9.00. The fourth-order valence-electron chi connectivity index (χ4n) is 4.41. The first-order valence-electron chi connectivity index (χ1n) is 11.4. The van der Waals surface area contributed by atoms with Gasteiger partial charge in [-0.15, -0.1) is 0 Å². The van der Waals surface area contributed by atoms with E-state index >= 15 is 0 Å². The van der Waals surface area contributed by atoms with Gasteiger partial charge in [0.25, 0.3) is 5.56 Å². The molecule has 3 atom stereocenters. The first-order valence-corrected chi connectivity index (χ1v) is 11.4. The number of benzene rings is 2. The smallest absolute Gasteiger partial charge is 0.550 e. The van der Waals surface area contributed by atoms with Crippen molar-refractivity contribution in [2.24, 2.45) is 5.92 Å². The van der Waals surface area contributed by atoms with Crippen molar-refractivity contribution >= 4 is 28.6 Å². The van der Waals surface area contributed by atoms with Crippen LogP contribution in [0.2, 0.25) is 0 Å². The van der Waals surface area contributed by atoms with E-state index in [-0.39, 0.29) is 65.1 Å². The average molecular weight is 538 g/mol. The number of hydrogen-bond donors (Lipinski definition) is 2. The second-order valence-corrected chi connectivity index (χ2v) is 9.00. The van der Waals surface area contributed by atoms with Crippen molar-refractivity contribution in [3.05, 3.63) is 70.0 Å². The monoisotopic (exact) mass is 538 g/mol. The molecule has 0 radical (unpaired) electrons. The Morgan fingerprint density at radius 2 is 1.84 bits per heavy atom. The van der Waals surface area contributed by atoms with Crippen LogP contribution in [0.4, 0.5) is 13.2 Å². The minimum atomic E-state index is -4.60. The molecule has 0 bridgehead atoms. The van der Waals surface area contributed by atoms with Gasteiger partial charge in [0.2, 0.25) is 5.91 Å². The van der Waals surface area contributed by atoms with Gasteiger partial charge >= 0.3 is 41.7 Å². The van der Waals surface area contributed by atoms with Crippen LogP contribution in [0.3, 0.4) is 0 Å². The van der Waals surface area contributed by atoms with Crippen molar-refractivity contribution in [3.63, 3.8) is 0 Å². The number of amides is 1. The number of pyridine rings is 1. The van der Waals surface area contributed by atoms with Crippen molar-refractivity contribution in [1.82, 2.24) is 10.3 Å². The van der Waals surface area contributed by atoms with Crippen molar-refractivity contribution in [2.75, 3.05) is 6.61 Å². The third-order valence-electron chi connectivity index (χ3n) is 6.28. The van der Waals surface area contributed by atoms with Gasteiger partial charge in [0.15, 0.2) is 0 Å². The Morgan fingerprint density at radius 3 is 2.53 bits per heavy atom. The number of hydrogen-bond acceptors (Lipinski definition) is 6. The van der Waals surface area contributed by atoms with Gasteiger partial charge in [-0.3, -0.25) is 14.4 Å². The fraction of sp³-hybridized carbons (Fsp3) is 0.308. The molecule has 0 saturated carbocycles. The number of alkyl halides is 3. The van der Waals surface area contributed by atoms with Crippen molar-refractivity contribution in [1.29, 1.82) is 0 Å². The molecule has 0 aliphatic carbocycles. The molecule has 4 rings (SSSR count). The maximum Gasteiger partial charge on any atom is 1.00 e. The van der Waals surface area contributed by atoms with Gasteiger partial charge in [-0.1, -0.05) is 37.3 Å². The molecule has 3 aromatic rings. The number of carboxylic acid groups (broad SMARTS) is 1. The number of aromatic amines is 1. The third-order valence-corrected chi connectivity index (χ3v) is 6.28. The zero-order valence-electron chi connectivity index (χ0n) is 20.6. The van der Waals surface area contributed by atoms with Crippen molar-refractivity contribution in [2.45, 2.75) is 37.9 Å². The maximum atomic E-state index is 13.4. The van der Waals surface area contributed by atoms with E-state index in [4.69, 9.17) is 4.74 Å². The minimum absolute atomic E-state index is 0. The predicted octanol–water partition coefficient (Wildman–Crippen LogP) is -0.491. The molecule has 194 valence electrons. The molecule has 2 heterocycles. The summed E-state index contributed by atoms with van der Waals surface area (Å²) in [6.45, 7) is 1.25. The number of carboxylic acids is 1. The Hall–Kier alpha value is -3.15. The molecule has 8 nitrogen and oxygen atoms in total. The van der Waals surface area contributed by atoms with E-state index in [0.717, 1.165) is 6.07 Å². The SMILES string of the molecule is CC(CC(=O)[O-])C(=O)OCC1C[C@@H](c2ccc3cc(-c4ccccc4C(F)(F)F)[nH]c(=O)c3c2)C(=O)N1.[Na+]. The molecule has 1 fully saturated rings.